The summed E-state index contributed by atoms with van der Waals surface area (Å²) in [6, 6.07) is -0.159. The molecule has 5 N–H and O–H groups in total. The molecule has 26 heavy (non-hydrogen) atoms. The molecule has 0 aliphatic carbocycles. The molecule has 0 spiro atoms. The SMILES string of the molecule is CC(=O)Nc1nc(CSc2nc(N[C@H](C)CO)c3sc(N)nc3n2)cs1. The minimum atomic E-state index is -0.159. The van der Waals surface area contributed by atoms with E-state index in [4.69, 9.17) is 5.73 Å². The number of hydrogen-bond acceptors (Lipinski definition) is 11. The second-order valence-electron chi connectivity index (χ2n) is 5.40. The smallest absolute Gasteiger partial charge is 0.223 e. The fourth-order valence-corrected chi connectivity index (χ4v) is 4.30. The molecule has 0 fully saturated rings. The van der Waals surface area contributed by atoms with E-state index in [1.54, 1.807) is 0 Å². The Hall–Kier alpha value is -2.02. The second-order valence-corrected chi connectivity index (χ2v) is 8.23. The number of nitrogens with two attached hydrogens (primary N) is 1. The number of carbonyl (C=O) groups excluding carboxylic acids is 1. The normalized spacial score (nSPS) is 12.3. The highest BCUT2D eigenvalue weighted by molar-refractivity contribution is 7.98. The van der Waals surface area contributed by atoms with Crippen molar-refractivity contribution in [2.24, 2.45) is 0 Å². The number of nitrogens with one attached hydrogen (secondary N) is 2. The van der Waals surface area contributed by atoms with Gasteiger partial charge in [0, 0.05) is 24.1 Å². The Morgan fingerprint density at radius 3 is 2.92 bits per heavy atom. The molecule has 3 rings (SSSR count). The van der Waals surface area contributed by atoms with Crippen LogP contribution in [0.2, 0.25) is 0 Å². The summed E-state index contributed by atoms with van der Waals surface area (Å²) >= 11 is 4.08. The molecule has 0 bridgehead atoms. The summed E-state index contributed by atoms with van der Waals surface area (Å²) in [6.07, 6.45) is 0. The quantitative estimate of drug-likeness (QED) is 0.340. The van der Waals surface area contributed by atoms with Gasteiger partial charge in [-0.15, -0.1) is 11.3 Å². The fraction of sp³-hybridized carbons (Fsp3) is 0.357. The first-order valence-corrected chi connectivity index (χ1v) is 10.3. The lowest BCUT2D eigenvalue weighted by atomic mass is 10.3. The summed E-state index contributed by atoms with van der Waals surface area (Å²) in [5.74, 6) is 1.00. The number of carbonyl (C=O) groups is 1. The van der Waals surface area contributed by atoms with Crippen molar-refractivity contribution in [3.63, 3.8) is 0 Å². The Morgan fingerprint density at radius 1 is 1.38 bits per heavy atom. The van der Waals surface area contributed by atoms with Crippen molar-refractivity contribution >= 4 is 66.8 Å². The highest BCUT2D eigenvalue weighted by atomic mass is 32.2. The molecule has 3 heterocycles. The Bertz CT molecular complexity index is 927. The van der Waals surface area contributed by atoms with E-state index < -0.39 is 0 Å². The van der Waals surface area contributed by atoms with Gasteiger partial charge in [-0.25, -0.2) is 19.9 Å². The minimum absolute atomic E-state index is 0.0208. The average Bonchev–Trinajstić information content (AvgIpc) is 3.17. The molecule has 1 atom stereocenters. The predicted octanol–water partition coefficient (Wildman–Crippen LogP) is 2.17. The van der Waals surface area contributed by atoms with Crippen LogP contribution in [0.5, 0.6) is 0 Å². The number of thiazole rings is 2. The Balaban J connectivity index is 1.78. The first kappa shape index (κ1) is 18.8. The topological polar surface area (TPSA) is 139 Å². The van der Waals surface area contributed by atoms with Crippen LogP contribution in [0.25, 0.3) is 10.3 Å². The summed E-state index contributed by atoms with van der Waals surface area (Å²) in [5, 5.41) is 18.5. The molecule has 3 aromatic heterocycles. The Labute approximate surface area is 161 Å². The van der Waals surface area contributed by atoms with Gasteiger partial charge in [0.2, 0.25) is 5.91 Å². The van der Waals surface area contributed by atoms with Crippen molar-refractivity contribution in [3.05, 3.63) is 11.1 Å². The van der Waals surface area contributed by atoms with Gasteiger partial charge in [-0.05, 0) is 6.92 Å². The first-order valence-electron chi connectivity index (χ1n) is 7.61. The van der Waals surface area contributed by atoms with Gasteiger partial charge < -0.3 is 21.5 Å². The van der Waals surface area contributed by atoms with Gasteiger partial charge in [0.1, 0.15) is 4.70 Å². The highest BCUT2D eigenvalue weighted by Crippen LogP contribution is 2.32. The van der Waals surface area contributed by atoms with Crippen LogP contribution in [-0.2, 0) is 10.5 Å². The van der Waals surface area contributed by atoms with Crippen LogP contribution in [0, 0.1) is 0 Å². The van der Waals surface area contributed by atoms with Gasteiger partial charge in [0.15, 0.2) is 26.9 Å². The molecule has 12 heteroatoms. The highest BCUT2D eigenvalue weighted by Gasteiger charge is 2.15. The number of nitrogen functional groups attached to an aromatic ring is 1. The van der Waals surface area contributed by atoms with Crippen LogP contribution in [-0.4, -0.2) is 43.6 Å². The molecule has 0 saturated heterocycles. The number of nitrogens with zero attached hydrogens (tertiary/aromatic N) is 4. The Kier molecular flexibility index (Phi) is 5.86. The molecule has 0 radical (unpaired) electrons. The third-order valence-electron chi connectivity index (χ3n) is 3.09. The van der Waals surface area contributed by atoms with E-state index in [1.807, 2.05) is 12.3 Å². The molecule has 0 aliphatic rings. The number of hydrogen-bond donors (Lipinski definition) is 4. The molecule has 3 aromatic rings. The summed E-state index contributed by atoms with van der Waals surface area (Å²) < 4.78 is 0.758. The number of rotatable bonds is 7. The molecule has 9 nitrogen and oxygen atoms in total. The summed E-state index contributed by atoms with van der Waals surface area (Å²) in [7, 11) is 0. The molecular weight excluding hydrogens is 394 g/mol. The van der Waals surface area contributed by atoms with E-state index in [1.165, 1.54) is 41.4 Å². The largest absolute Gasteiger partial charge is 0.394 e. The lowest BCUT2D eigenvalue weighted by molar-refractivity contribution is -0.114. The number of aliphatic hydroxyl groups excluding tert-OH is 1. The van der Waals surface area contributed by atoms with Gasteiger partial charge in [-0.1, -0.05) is 23.1 Å². The predicted molar refractivity (Wildman–Crippen MR) is 106 cm³/mol. The Morgan fingerprint density at radius 2 is 2.19 bits per heavy atom. The third kappa shape index (κ3) is 4.58. The van der Waals surface area contributed by atoms with Crippen molar-refractivity contribution in [1.82, 2.24) is 19.9 Å². The van der Waals surface area contributed by atoms with Crippen LogP contribution in [0.1, 0.15) is 19.5 Å². The van der Waals surface area contributed by atoms with E-state index in [9.17, 15) is 9.90 Å². The number of aliphatic hydroxyl groups is 1. The molecule has 138 valence electrons. The van der Waals surface area contributed by atoms with Crippen molar-refractivity contribution in [3.8, 4) is 0 Å². The lowest BCUT2D eigenvalue weighted by Crippen LogP contribution is -2.20. The summed E-state index contributed by atoms with van der Waals surface area (Å²) in [5.41, 5.74) is 7.14. The zero-order chi connectivity index (χ0) is 18.7. The van der Waals surface area contributed by atoms with E-state index >= 15 is 0 Å². The average molecular weight is 412 g/mol. The van der Waals surface area contributed by atoms with Crippen molar-refractivity contribution < 1.29 is 9.90 Å². The van der Waals surface area contributed by atoms with Crippen LogP contribution in [0.15, 0.2) is 10.5 Å². The molecule has 0 unspecified atom stereocenters. The minimum Gasteiger partial charge on any atom is -0.394 e. The van der Waals surface area contributed by atoms with Gasteiger partial charge in [-0.2, -0.15) is 0 Å². The molecule has 0 aliphatic heterocycles. The van der Waals surface area contributed by atoms with Crippen molar-refractivity contribution in [2.45, 2.75) is 30.8 Å². The van der Waals surface area contributed by atoms with Crippen LogP contribution < -0.4 is 16.4 Å². The van der Waals surface area contributed by atoms with Gasteiger partial charge in [-0.3, -0.25) is 4.79 Å². The molecular formula is C14H17N7O2S3. The standard InChI is InChI=1S/C14H17N7O2S3/c1-6(3-22)16-10-9-11(19-12(15)26-9)21-14(20-10)25-5-8-4-24-13(18-8)17-7(2)23/h4,6,22H,3,5H2,1-2H3,(H,17,18,23)(H3,15,16,19,20,21)/t6-/m1/s1. The van der Waals surface area contributed by atoms with Gasteiger partial charge >= 0.3 is 0 Å². The number of amides is 1. The van der Waals surface area contributed by atoms with Gasteiger partial charge in [0.25, 0.3) is 0 Å². The van der Waals surface area contributed by atoms with Crippen LogP contribution in [0.4, 0.5) is 16.1 Å². The van der Waals surface area contributed by atoms with E-state index in [2.05, 4.69) is 30.6 Å². The van der Waals surface area contributed by atoms with E-state index in [-0.39, 0.29) is 18.6 Å². The van der Waals surface area contributed by atoms with Crippen molar-refractivity contribution in [2.75, 3.05) is 23.0 Å². The molecule has 0 aromatic carbocycles. The maximum Gasteiger partial charge on any atom is 0.223 e. The zero-order valence-corrected chi connectivity index (χ0v) is 16.5. The zero-order valence-electron chi connectivity index (χ0n) is 14.0. The van der Waals surface area contributed by atoms with E-state index in [0.717, 1.165) is 10.4 Å². The number of thioether (sulfide) groups is 1. The van der Waals surface area contributed by atoms with E-state index in [0.29, 0.717) is 32.6 Å². The molecule has 1 amide bonds. The number of fused-ring (bicyclic) bond motifs is 1. The maximum atomic E-state index is 11.1. The maximum absolute atomic E-state index is 11.1. The van der Waals surface area contributed by atoms with Gasteiger partial charge in [0.05, 0.1) is 12.3 Å². The third-order valence-corrected chi connectivity index (χ3v) is 5.66. The summed E-state index contributed by atoms with van der Waals surface area (Å²) in [6.45, 7) is 3.28. The van der Waals surface area contributed by atoms with Crippen molar-refractivity contribution in [1.29, 1.82) is 0 Å². The second kappa shape index (κ2) is 8.12. The first-order chi connectivity index (χ1) is 12.4. The fourth-order valence-electron chi connectivity index (χ4n) is 1.98. The molecule has 0 saturated carbocycles. The summed E-state index contributed by atoms with van der Waals surface area (Å²) in [4.78, 5) is 28.6. The monoisotopic (exact) mass is 411 g/mol. The van der Waals surface area contributed by atoms with Crippen LogP contribution >= 0.6 is 34.4 Å². The number of aromatic nitrogens is 4. The van der Waals surface area contributed by atoms with Crippen LogP contribution in [0.3, 0.4) is 0 Å². The lowest BCUT2D eigenvalue weighted by Gasteiger charge is -2.12. The number of anilines is 3.